The maximum atomic E-state index is 5.54. The third kappa shape index (κ3) is 4.04. The summed E-state index contributed by atoms with van der Waals surface area (Å²) in [7, 11) is 0. The van der Waals surface area contributed by atoms with Crippen molar-refractivity contribution in [2.24, 2.45) is 5.73 Å². The van der Waals surface area contributed by atoms with Crippen LogP contribution in [-0.4, -0.2) is 11.5 Å². The number of aromatic nitrogens is 1. The van der Waals surface area contributed by atoms with E-state index in [1.807, 2.05) is 25.1 Å². The molecule has 3 nitrogen and oxygen atoms in total. The summed E-state index contributed by atoms with van der Waals surface area (Å²) >= 11 is 3.45. The average Bonchev–Trinajstić information content (AvgIpc) is 2.41. The molecule has 0 fully saturated rings. The van der Waals surface area contributed by atoms with Crippen LogP contribution in [0.25, 0.3) is 0 Å². The second-order valence-electron chi connectivity index (χ2n) is 4.48. The van der Waals surface area contributed by atoms with Gasteiger partial charge in [-0.15, -0.1) is 0 Å². The number of hydrogen-bond donors (Lipinski definition) is 2. The van der Waals surface area contributed by atoms with E-state index in [1.54, 1.807) is 0 Å². The molecule has 0 radical (unpaired) electrons. The van der Waals surface area contributed by atoms with Crippen molar-refractivity contribution in [1.82, 2.24) is 4.98 Å². The molecule has 0 aliphatic rings. The Morgan fingerprint density at radius 2 is 2.11 bits per heavy atom. The molecule has 2 rings (SSSR count). The van der Waals surface area contributed by atoms with Crippen LogP contribution >= 0.6 is 15.9 Å². The number of halogens is 1. The molecule has 0 atom stereocenters. The third-order valence-corrected chi connectivity index (χ3v) is 3.73. The molecule has 0 unspecified atom stereocenters. The van der Waals surface area contributed by atoms with Crippen molar-refractivity contribution in [1.29, 1.82) is 0 Å². The molecule has 3 N–H and O–H groups in total. The molecule has 0 bridgehead atoms. The highest BCUT2D eigenvalue weighted by Gasteiger charge is 2.01. The van der Waals surface area contributed by atoms with Crippen LogP contribution in [0.3, 0.4) is 0 Å². The number of nitrogens with one attached hydrogen (secondary N) is 1. The van der Waals surface area contributed by atoms with Gasteiger partial charge >= 0.3 is 0 Å². The van der Waals surface area contributed by atoms with Gasteiger partial charge in [-0.2, -0.15) is 0 Å². The lowest BCUT2D eigenvalue weighted by Gasteiger charge is -2.09. The van der Waals surface area contributed by atoms with Gasteiger partial charge in [-0.25, -0.2) is 4.98 Å². The number of hydrogen-bond acceptors (Lipinski definition) is 3. The van der Waals surface area contributed by atoms with Gasteiger partial charge in [0.15, 0.2) is 0 Å². The Balaban J connectivity index is 2.11. The predicted octanol–water partition coefficient (Wildman–Crippen LogP) is 3.79. The number of pyridine rings is 1. The molecule has 1 aromatic carbocycles. The van der Waals surface area contributed by atoms with E-state index < -0.39 is 0 Å². The van der Waals surface area contributed by atoms with E-state index in [9.17, 15) is 0 Å². The summed E-state index contributed by atoms with van der Waals surface area (Å²) in [5.41, 5.74) is 8.87. The predicted molar refractivity (Wildman–Crippen MR) is 83.8 cm³/mol. The molecule has 2 aromatic rings. The van der Waals surface area contributed by atoms with E-state index in [0.717, 1.165) is 41.1 Å². The van der Waals surface area contributed by atoms with Gasteiger partial charge < -0.3 is 11.1 Å². The fraction of sp³-hybridized carbons (Fsp3) is 0.267. The van der Waals surface area contributed by atoms with Crippen molar-refractivity contribution >= 4 is 27.4 Å². The third-order valence-electron chi connectivity index (χ3n) is 2.89. The standard InChI is InChI=1S/C15H18BrN3/c1-11-14(16)7-8-15(18-11)19-13-6-2-4-12(10-13)5-3-9-17/h2,4,6-8,10H,3,5,9,17H2,1H3,(H,18,19). The molecular weight excluding hydrogens is 302 g/mol. The quantitative estimate of drug-likeness (QED) is 0.881. The molecule has 100 valence electrons. The van der Waals surface area contributed by atoms with E-state index in [0.29, 0.717) is 0 Å². The molecule has 0 saturated carbocycles. The Bertz CT molecular complexity index is 555. The number of benzene rings is 1. The summed E-state index contributed by atoms with van der Waals surface area (Å²) in [6, 6.07) is 12.3. The van der Waals surface area contributed by atoms with Crippen molar-refractivity contribution < 1.29 is 0 Å². The summed E-state index contributed by atoms with van der Waals surface area (Å²) < 4.78 is 1.02. The van der Waals surface area contributed by atoms with Crippen LogP contribution in [0.4, 0.5) is 11.5 Å². The molecule has 19 heavy (non-hydrogen) atoms. The number of nitrogens with two attached hydrogens (primary N) is 1. The molecule has 4 heteroatoms. The number of aryl methyl sites for hydroxylation is 2. The van der Waals surface area contributed by atoms with E-state index in [1.165, 1.54) is 5.56 Å². The largest absolute Gasteiger partial charge is 0.340 e. The maximum absolute atomic E-state index is 5.54. The fourth-order valence-corrected chi connectivity index (χ4v) is 2.09. The van der Waals surface area contributed by atoms with Crippen molar-refractivity contribution in [3.05, 3.63) is 52.1 Å². The van der Waals surface area contributed by atoms with Gasteiger partial charge in [0.2, 0.25) is 0 Å². The number of nitrogens with zero attached hydrogens (tertiary/aromatic N) is 1. The van der Waals surface area contributed by atoms with Gasteiger partial charge in [0.1, 0.15) is 5.82 Å². The van der Waals surface area contributed by atoms with Crippen LogP contribution < -0.4 is 11.1 Å². The summed E-state index contributed by atoms with van der Waals surface area (Å²) in [5.74, 6) is 0.858. The number of rotatable bonds is 5. The molecule has 0 aliphatic heterocycles. The minimum atomic E-state index is 0.727. The second kappa shape index (κ2) is 6.68. The zero-order chi connectivity index (χ0) is 13.7. The van der Waals surface area contributed by atoms with E-state index in [-0.39, 0.29) is 0 Å². The van der Waals surface area contributed by atoms with Gasteiger partial charge in [-0.05, 0) is 72.1 Å². The molecule has 0 amide bonds. The van der Waals surface area contributed by atoms with Crippen molar-refractivity contribution in [3.8, 4) is 0 Å². The summed E-state index contributed by atoms with van der Waals surface area (Å²) in [6.45, 7) is 2.71. The first-order valence-electron chi connectivity index (χ1n) is 6.38. The number of anilines is 2. The van der Waals surface area contributed by atoms with E-state index >= 15 is 0 Å². The highest BCUT2D eigenvalue weighted by atomic mass is 79.9. The van der Waals surface area contributed by atoms with Crippen LogP contribution in [0.5, 0.6) is 0 Å². The lowest BCUT2D eigenvalue weighted by molar-refractivity contribution is 0.833. The summed E-state index contributed by atoms with van der Waals surface area (Å²) in [6.07, 6.45) is 2.03. The first-order chi connectivity index (χ1) is 9.19. The Kier molecular flexibility index (Phi) is 4.93. The van der Waals surface area contributed by atoms with Gasteiger partial charge in [-0.3, -0.25) is 0 Å². The first-order valence-corrected chi connectivity index (χ1v) is 7.17. The Labute approximate surface area is 122 Å². The average molecular weight is 320 g/mol. The Morgan fingerprint density at radius 1 is 1.26 bits per heavy atom. The first kappa shape index (κ1) is 14.0. The zero-order valence-corrected chi connectivity index (χ0v) is 12.6. The smallest absolute Gasteiger partial charge is 0.130 e. The van der Waals surface area contributed by atoms with Crippen LogP contribution in [0.2, 0.25) is 0 Å². The Hall–Kier alpha value is -1.39. The molecule has 0 aliphatic carbocycles. The second-order valence-corrected chi connectivity index (χ2v) is 5.34. The Morgan fingerprint density at radius 3 is 2.84 bits per heavy atom. The molecule has 0 saturated heterocycles. The lowest BCUT2D eigenvalue weighted by atomic mass is 10.1. The zero-order valence-electron chi connectivity index (χ0n) is 11.0. The van der Waals surface area contributed by atoms with Crippen LogP contribution in [0, 0.1) is 6.92 Å². The van der Waals surface area contributed by atoms with E-state index in [2.05, 4.69) is 44.4 Å². The molecule has 1 aromatic heterocycles. The van der Waals surface area contributed by atoms with Gasteiger partial charge in [0.05, 0.1) is 5.69 Å². The van der Waals surface area contributed by atoms with E-state index in [4.69, 9.17) is 5.73 Å². The van der Waals surface area contributed by atoms with Crippen LogP contribution in [0.1, 0.15) is 17.7 Å². The summed E-state index contributed by atoms with van der Waals surface area (Å²) in [5, 5.41) is 3.33. The van der Waals surface area contributed by atoms with Crippen molar-refractivity contribution in [2.45, 2.75) is 19.8 Å². The summed E-state index contributed by atoms with van der Waals surface area (Å²) in [4.78, 5) is 4.48. The lowest BCUT2D eigenvalue weighted by Crippen LogP contribution is -2.01. The minimum absolute atomic E-state index is 0.727. The monoisotopic (exact) mass is 319 g/mol. The minimum Gasteiger partial charge on any atom is -0.340 e. The van der Waals surface area contributed by atoms with Gasteiger partial charge in [0.25, 0.3) is 0 Å². The highest BCUT2D eigenvalue weighted by molar-refractivity contribution is 9.10. The van der Waals surface area contributed by atoms with Crippen molar-refractivity contribution in [3.63, 3.8) is 0 Å². The van der Waals surface area contributed by atoms with Crippen LogP contribution in [-0.2, 0) is 6.42 Å². The van der Waals surface area contributed by atoms with Crippen molar-refractivity contribution in [2.75, 3.05) is 11.9 Å². The molecule has 0 spiro atoms. The maximum Gasteiger partial charge on any atom is 0.130 e. The molecular formula is C15H18BrN3. The van der Waals surface area contributed by atoms with Gasteiger partial charge in [-0.1, -0.05) is 12.1 Å². The SMILES string of the molecule is Cc1nc(Nc2cccc(CCCN)c2)ccc1Br. The normalized spacial score (nSPS) is 10.5. The fourth-order valence-electron chi connectivity index (χ4n) is 1.87. The molecule has 1 heterocycles. The van der Waals surface area contributed by atoms with Crippen LogP contribution in [0.15, 0.2) is 40.9 Å². The van der Waals surface area contributed by atoms with Gasteiger partial charge in [0, 0.05) is 10.2 Å². The topological polar surface area (TPSA) is 50.9 Å². The highest BCUT2D eigenvalue weighted by Crippen LogP contribution is 2.20.